The fourth-order valence-electron chi connectivity index (χ4n) is 1.66. The molecule has 0 aliphatic heterocycles. The topological polar surface area (TPSA) is 72.9 Å². The number of rotatable bonds is 3. The van der Waals surface area contributed by atoms with Gasteiger partial charge in [-0.15, -0.1) is 0 Å². The normalized spacial score (nSPS) is 17.6. The van der Waals surface area contributed by atoms with Crippen LogP contribution in [0.2, 0.25) is 0 Å². The largest absolute Gasteiger partial charge is 0.411 e. The van der Waals surface area contributed by atoms with Crippen molar-refractivity contribution in [2.24, 2.45) is 0 Å². The first kappa shape index (κ1) is 12.7. The van der Waals surface area contributed by atoms with Crippen molar-refractivity contribution in [3.05, 3.63) is 11.9 Å². The molecule has 1 aromatic heterocycles. The molecule has 0 aromatic carbocycles. The number of aromatic nitrogens is 2. The van der Waals surface area contributed by atoms with E-state index in [2.05, 4.69) is 5.10 Å². The lowest BCUT2D eigenvalue weighted by atomic mass is 10.2. The first-order chi connectivity index (χ1) is 8.29. The number of hydrogen-bond acceptors (Lipinski definition) is 3. The van der Waals surface area contributed by atoms with Gasteiger partial charge in [-0.2, -0.15) is 18.3 Å². The second kappa shape index (κ2) is 3.89. The molecule has 100 valence electrons. The van der Waals surface area contributed by atoms with Crippen LogP contribution in [-0.4, -0.2) is 27.4 Å². The summed E-state index contributed by atoms with van der Waals surface area (Å²) in [5.74, 6) is -0.880. The van der Waals surface area contributed by atoms with Crippen molar-refractivity contribution in [3.63, 3.8) is 0 Å². The van der Waals surface area contributed by atoms with E-state index in [4.69, 9.17) is 5.73 Å². The number of carbonyl (C=O) groups excluding carboxylic acids is 1. The molecule has 0 bridgehead atoms. The molecule has 1 aromatic rings. The number of amides is 1. The van der Waals surface area contributed by atoms with Gasteiger partial charge in [-0.1, -0.05) is 0 Å². The number of alkyl halides is 3. The molecular formula is C10H13F3N4O. The van der Waals surface area contributed by atoms with Crippen LogP contribution >= 0.6 is 0 Å². The summed E-state index contributed by atoms with van der Waals surface area (Å²) in [7, 11) is 0. The Morgan fingerprint density at radius 2 is 2.22 bits per heavy atom. The van der Waals surface area contributed by atoms with E-state index in [0.29, 0.717) is 6.54 Å². The smallest absolute Gasteiger partial charge is 0.396 e. The van der Waals surface area contributed by atoms with Gasteiger partial charge in [0.15, 0.2) is 5.69 Å². The second-order valence-electron chi connectivity index (χ2n) is 4.32. The number of nitrogens with two attached hydrogens (primary N) is 1. The molecule has 1 aliphatic carbocycles. The summed E-state index contributed by atoms with van der Waals surface area (Å²) in [6, 6.07) is 0. The minimum Gasteiger partial charge on any atom is -0.396 e. The molecule has 1 aliphatic rings. The molecule has 0 unspecified atom stereocenters. The third-order valence-corrected chi connectivity index (χ3v) is 2.97. The molecule has 1 heterocycles. The van der Waals surface area contributed by atoms with Gasteiger partial charge < -0.3 is 11.1 Å². The van der Waals surface area contributed by atoms with Crippen molar-refractivity contribution in [3.8, 4) is 0 Å². The number of hydrogen-bond donors (Lipinski definition) is 2. The lowest BCUT2D eigenvalue weighted by Gasteiger charge is -2.20. The summed E-state index contributed by atoms with van der Waals surface area (Å²) >= 11 is 0. The maximum Gasteiger partial charge on any atom is 0.411 e. The Bertz CT molecular complexity index is 476. The molecule has 3 N–H and O–H groups in total. The van der Waals surface area contributed by atoms with Gasteiger partial charge in [0, 0.05) is 12.7 Å². The highest BCUT2D eigenvalue weighted by Crippen LogP contribution is 2.49. The highest BCUT2D eigenvalue weighted by atomic mass is 19.4. The Kier molecular flexibility index (Phi) is 2.75. The Hall–Kier alpha value is -1.73. The van der Waals surface area contributed by atoms with Crippen LogP contribution in [0.4, 0.5) is 18.9 Å². The third-order valence-electron chi connectivity index (χ3n) is 2.97. The summed E-state index contributed by atoms with van der Waals surface area (Å²) in [6.07, 6.45) is -3.22. The van der Waals surface area contributed by atoms with Crippen LogP contribution in [0.15, 0.2) is 6.20 Å². The van der Waals surface area contributed by atoms with Gasteiger partial charge in [-0.05, 0) is 19.8 Å². The maximum absolute atomic E-state index is 12.7. The van der Waals surface area contributed by atoms with Crippen LogP contribution in [0.1, 0.15) is 30.3 Å². The Balaban J connectivity index is 2.16. The second-order valence-corrected chi connectivity index (χ2v) is 4.32. The molecule has 0 spiro atoms. The van der Waals surface area contributed by atoms with Gasteiger partial charge in [-0.3, -0.25) is 9.48 Å². The van der Waals surface area contributed by atoms with E-state index in [0.717, 1.165) is 0 Å². The number of aryl methyl sites for hydroxylation is 1. The van der Waals surface area contributed by atoms with Crippen molar-refractivity contribution in [1.29, 1.82) is 0 Å². The highest BCUT2D eigenvalue weighted by molar-refractivity contribution is 5.97. The van der Waals surface area contributed by atoms with E-state index < -0.39 is 17.6 Å². The molecule has 0 saturated heterocycles. The van der Waals surface area contributed by atoms with Gasteiger partial charge in [0.1, 0.15) is 5.54 Å². The third kappa shape index (κ3) is 2.02. The fourth-order valence-corrected chi connectivity index (χ4v) is 1.66. The van der Waals surface area contributed by atoms with Crippen LogP contribution in [0.3, 0.4) is 0 Å². The molecule has 2 rings (SSSR count). The van der Waals surface area contributed by atoms with Crippen molar-refractivity contribution < 1.29 is 18.0 Å². The summed E-state index contributed by atoms with van der Waals surface area (Å²) in [4.78, 5) is 11.7. The summed E-state index contributed by atoms with van der Waals surface area (Å²) < 4.78 is 39.4. The van der Waals surface area contributed by atoms with E-state index >= 15 is 0 Å². The van der Waals surface area contributed by atoms with Crippen molar-refractivity contribution in [1.82, 2.24) is 15.1 Å². The standard InChI is InChI=1S/C10H13F3N4O/c1-2-17-5-6(14)7(16-17)8(18)15-9(3-4-9)10(11,12)13/h5H,2-4,14H2,1H3,(H,15,18). The molecule has 0 radical (unpaired) electrons. The molecule has 5 nitrogen and oxygen atoms in total. The average Bonchev–Trinajstić information content (AvgIpc) is 2.94. The Morgan fingerprint density at radius 1 is 1.61 bits per heavy atom. The first-order valence-electron chi connectivity index (χ1n) is 5.51. The predicted molar refractivity (Wildman–Crippen MR) is 57.8 cm³/mol. The minimum absolute atomic E-state index is 0.0762. The zero-order valence-corrected chi connectivity index (χ0v) is 9.71. The van der Waals surface area contributed by atoms with Gasteiger partial charge in [0.05, 0.1) is 5.69 Å². The lowest BCUT2D eigenvalue weighted by Crippen LogP contribution is -2.48. The lowest BCUT2D eigenvalue weighted by molar-refractivity contribution is -0.163. The van der Waals surface area contributed by atoms with Crippen molar-refractivity contribution in [2.45, 2.75) is 38.0 Å². The van der Waals surface area contributed by atoms with Crippen LogP contribution in [0.25, 0.3) is 0 Å². The molecule has 1 fully saturated rings. The van der Waals surface area contributed by atoms with Gasteiger partial charge in [0.25, 0.3) is 5.91 Å². The number of halogens is 3. The van der Waals surface area contributed by atoms with Crippen molar-refractivity contribution in [2.75, 3.05) is 5.73 Å². The van der Waals surface area contributed by atoms with E-state index in [9.17, 15) is 18.0 Å². The SMILES string of the molecule is CCn1cc(N)c(C(=O)NC2(C(F)(F)F)CC2)n1. The van der Waals surface area contributed by atoms with Crippen LogP contribution in [0.5, 0.6) is 0 Å². The number of anilines is 1. The van der Waals surface area contributed by atoms with Crippen LogP contribution in [0, 0.1) is 0 Å². The highest BCUT2D eigenvalue weighted by Gasteiger charge is 2.64. The summed E-state index contributed by atoms with van der Waals surface area (Å²) in [6.45, 7) is 2.27. The Labute approximate surface area is 101 Å². The van der Waals surface area contributed by atoms with Gasteiger partial charge in [0.2, 0.25) is 0 Å². The monoisotopic (exact) mass is 262 g/mol. The number of nitrogens with one attached hydrogen (secondary N) is 1. The maximum atomic E-state index is 12.7. The molecule has 8 heteroatoms. The molecule has 1 amide bonds. The predicted octanol–water partition coefficient (Wildman–Crippen LogP) is 1.31. The zero-order chi connectivity index (χ0) is 13.6. The van der Waals surface area contributed by atoms with E-state index in [1.165, 1.54) is 10.9 Å². The van der Waals surface area contributed by atoms with E-state index in [-0.39, 0.29) is 24.2 Å². The average molecular weight is 262 g/mol. The van der Waals surface area contributed by atoms with E-state index in [1.807, 2.05) is 5.32 Å². The summed E-state index contributed by atoms with van der Waals surface area (Å²) in [5, 5.41) is 5.82. The molecule has 18 heavy (non-hydrogen) atoms. The van der Waals surface area contributed by atoms with Gasteiger partial charge >= 0.3 is 6.18 Å². The fraction of sp³-hybridized carbons (Fsp3) is 0.600. The minimum atomic E-state index is -4.44. The first-order valence-corrected chi connectivity index (χ1v) is 5.51. The number of carbonyl (C=O) groups is 1. The van der Waals surface area contributed by atoms with Crippen molar-refractivity contribution >= 4 is 11.6 Å². The summed E-state index contributed by atoms with van der Waals surface area (Å²) in [5.41, 5.74) is 3.37. The quantitative estimate of drug-likeness (QED) is 0.862. The van der Waals surface area contributed by atoms with Gasteiger partial charge in [-0.25, -0.2) is 0 Å². The van der Waals surface area contributed by atoms with Crippen LogP contribution < -0.4 is 11.1 Å². The van der Waals surface area contributed by atoms with Crippen LogP contribution in [-0.2, 0) is 6.54 Å². The number of nitrogen functional groups attached to an aromatic ring is 1. The molecular weight excluding hydrogens is 249 g/mol. The van der Waals surface area contributed by atoms with E-state index in [1.54, 1.807) is 6.92 Å². The Morgan fingerprint density at radius 3 is 2.61 bits per heavy atom. The number of nitrogens with zero attached hydrogens (tertiary/aromatic N) is 2. The zero-order valence-electron chi connectivity index (χ0n) is 9.71. The molecule has 1 saturated carbocycles. The molecule has 0 atom stereocenters.